The first-order valence-electron chi connectivity index (χ1n) is 24.3. The zero-order valence-electron chi connectivity index (χ0n) is 39.5. The van der Waals surface area contributed by atoms with Crippen LogP contribution in [0, 0.1) is 0 Å². The maximum Gasteiger partial charge on any atom is 0.164 e. The minimum Gasteiger partial charge on any atom is -0.387 e. The van der Waals surface area contributed by atoms with Crippen molar-refractivity contribution < 1.29 is 0 Å². The molecule has 13 aromatic rings. The molecule has 1 aliphatic rings. The molecule has 0 saturated heterocycles. The monoisotopic (exact) mass is 952 g/mol. The van der Waals surface area contributed by atoms with Crippen molar-refractivity contribution in [1.29, 1.82) is 0 Å². The third-order valence-electron chi connectivity index (χ3n) is 13.6. The quantitative estimate of drug-likeness (QED) is 0.149. The van der Waals surface area contributed by atoms with Crippen LogP contribution in [0.2, 0.25) is 0 Å². The summed E-state index contributed by atoms with van der Waals surface area (Å²) in [7, 11) is 0. The van der Waals surface area contributed by atoms with E-state index in [1.165, 1.54) is 21.5 Å². The number of dihydropyridines is 1. The van der Waals surface area contributed by atoms with Crippen LogP contribution in [-0.2, 0) is 0 Å². The molecule has 0 amide bonds. The Balaban J connectivity index is 0.812. The molecule has 6 aromatic carbocycles. The number of benzene rings is 6. The molecule has 8 heterocycles. The Hall–Kier alpha value is -10.3. The minimum atomic E-state index is 0.578. The molecule has 0 unspecified atom stereocenters. The van der Waals surface area contributed by atoms with Gasteiger partial charge < -0.3 is 14.5 Å². The van der Waals surface area contributed by atoms with Crippen LogP contribution in [0.1, 0.15) is 5.82 Å². The summed E-state index contributed by atoms with van der Waals surface area (Å²) < 4.78 is 4.67. The topological polar surface area (TPSA) is 138 Å². The van der Waals surface area contributed by atoms with Crippen molar-refractivity contribution in [2.24, 2.45) is 0 Å². The standard InChI is InChI=1S/C62H40N12/c1-3-7-53-49(5-1)51-37-45(13-19-55(51)73(53)47-15-9-39(10-16-47)57-67-59(41-21-29-63-30-22-41)71-60(68-57)42-23-31-64-32-24-42)46-14-20-56-52(38-46)50-6-2-4-8-54(50)74(56)48-17-11-40(12-18-48)58-69-61(43-25-33-65-34-26-43)72-62(70-58)44-27-35-66-36-28-44/h1-35,37-38,66H,36H2. The van der Waals surface area contributed by atoms with Crippen LogP contribution in [-0.4, -0.2) is 60.5 Å². The summed E-state index contributed by atoms with van der Waals surface area (Å²) >= 11 is 0. The fourth-order valence-electron chi connectivity index (χ4n) is 10.0. The summed E-state index contributed by atoms with van der Waals surface area (Å²) in [6.45, 7) is 0.709. The number of para-hydroxylation sites is 2. The number of nitrogens with one attached hydrogen (secondary N) is 1. The molecule has 1 aliphatic heterocycles. The molecule has 0 saturated carbocycles. The van der Waals surface area contributed by atoms with Gasteiger partial charge in [0.2, 0.25) is 0 Å². The van der Waals surface area contributed by atoms with Gasteiger partial charge in [-0.15, -0.1) is 0 Å². The number of rotatable bonds is 9. The van der Waals surface area contributed by atoms with Crippen LogP contribution in [0.4, 0.5) is 0 Å². The number of nitrogens with zero attached hydrogens (tertiary/aromatic N) is 11. The Morgan fingerprint density at radius 2 is 0.676 bits per heavy atom. The molecule has 0 spiro atoms. The summed E-state index contributed by atoms with van der Waals surface area (Å²) in [6.07, 6.45) is 16.5. The van der Waals surface area contributed by atoms with E-state index in [0.717, 1.165) is 78.0 Å². The number of aromatic nitrogens is 11. The molecule has 7 aromatic heterocycles. The number of pyridine rings is 3. The number of hydrogen-bond donors (Lipinski definition) is 1. The molecule has 0 fully saturated rings. The number of allylic oxidation sites excluding steroid dienone is 2. The van der Waals surface area contributed by atoms with Crippen molar-refractivity contribution in [1.82, 2.24) is 59.3 Å². The van der Waals surface area contributed by atoms with Crippen molar-refractivity contribution in [3.05, 3.63) is 231 Å². The van der Waals surface area contributed by atoms with E-state index >= 15 is 0 Å². The predicted molar refractivity (Wildman–Crippen MR) is 293 cm³/mol. The van der Waals surface area contributed by atoms with Crippen LogP contribution >= 0.6 is 0 Å². The van der Waals surface area contributed by atoms with Crippen LogP contribution in [0.5, 0.6) is 0 Å². The summed E-state index contributed by atoms with van der Waals surface area (Å²) in [4.78, 5) is 42.1. The summed E-state index contributed by atoms with van der Waals surface area (Å²) in [5, 5.41) is 7.93. The van der Waals surface area contributed by atoms with E-state index in [0.29, 0.717) is 41.5 Å². The van der Waals surface area contributed by atoms with Gasteiger partial charge in [-0.05, 0) is 145 Å². The lowest BCUT2D eigenvalue weighted by molar-refractivity contribution is 0.964. The second kappa shape index (κ2) is 17.8. The summed E-state index contributed by atoms with van der Waals surface area (Å²) in [6, 6.07) is 59.3. The van der Waals surface area contributed by atoms with Crippen molar-refractivity contribution in [3.63, 3.8) is 0 Å². The molecule has 0 aliphatic carbocycles. The van der Waals surface area contributed by atoms with Crippen LogP contribution in [0.15, 0.2) is 225 Å². The zero-order valence-corrected chi connectivity index (χ0v) is 39.5. The lowest BCUT2D eigenvalue weighted by atomic mass is 10.0. The van der Waals surface area contributed by atoms with Gasteiger partial charge in [0.15, 0.2) is 34.9 Å². The third-order valence-corrected chi connectivity index (χ3v) is 13.6. The number of hydrogen-bond acceptors (Lipinski definition) is 10. The molecule has 14 rings (SSSR count). The van der Waals surface area contributed by atoms with Crippen molar-refractivity contribution >= 4 is 49.2 Å². The third kappa shape index (κ3) is 7.53. The highest BCUT2D eigenvalue weighted by molar-refractivity contribution is 6.12. The van der Waals surface area contributed by atoms with Crippen molar-refractivity contribution in [2.75, 3.05) is 6.54 Å². The highest BCUT2D eigenvalue weighted by Gasteiger charge is 2.19. The minimum absolute atomic E-state index is 0.578. The first kappa shape index (κ1) is 42.5. The van der Waals surface area contributed by atoms with Crippen LogP contribution in [0.25, 0.3) is 129 Å². The molecule has 12 nitrogen and oxygen atoms in total. The Morgan fingerprint density at radius 1 is 0.324 bits per heavy atom. The highest BCUT2D eigenvalue weighted by Crippen LogP contribution is 2.39. The second-order valence-corrected chi connectivity index (χ2v) is 18.0. The van der Waals surface area contributed by atoms with Gasteiger partial charge in [-0.1, -0.05) is 54.6 Å². The van der Waals surface area contributed by atoms with E-state index in [-0.39, 0.29) is 0 Å². The van der Waals surface area contributed by atoms with Gasteiger partial charge >= 0.3 is 0 Å². The summed E-state index contributed by atoms with van der Waals surface area (Å²) in [5.74, 6) is 3.57. The van der Waals surface area contributed by atoms with Gasteiger partial charge in [-0.2, -0.15) is 0 Å². The van der Waals surface area contributed by atoms with Crippen LogP contribution in [0.3, 0.4) is 0 Å². The molecule has 0 bridgehead atoms. The molecule has 0 atom stereocenters. The molecule has 1 N–H and O–H groups in total. The van der Waals surface area contributed by atoms with Gasteiger partial charge in [0, 0.05) is 110 Å². The SMILES string of the molecule is C1=CC(c2nc(-c3ccncc3)nc(-c3ccc(-n4c5ccccc5c5cc(-c6ccc7c(c6)c6ccccc6n7-c6ccc(-c7nc(-c8ccncc8)nc(-c8ccncc8)n7)cc6)ccc54)cc3)n2)=CCN1. The number of fused-ring (bicyclic) bond motifs is 6. The Morgan fingerprint density at radius 3 is 1.07 bits per heavy atom. The van der Waals surface area contributed by atoms with Crippen molar-refractivity contribution in [3.8, 4) is 79.4 Å². The molecule has 0 radical (unpaired) electrons. The predicted octanol–water partition coefficient (Wildman–Crippen LogP) is 12.9. The Labute approximate surface area is 423 Å². The normalized spacial score (nSPS) is 12.4. The lowest BCUT2D eigenvalue weighted by Gasteiger charge is -2.12. The molecule has 12 heteroatoms. The maximum atomic E-state index is 4.97. The van der Waals surface area contributed by atoms with Crippen molar-refractivity contribution in [2.45, 2.75) is 0 Å². The molecular formula is C62H40N12. The first-order valence-corrected chi connectivity index (χ1v) is 24.3. The average Bonchev–Trinajstić information content (AvgIpc) is 4.02. The van der Waals surface area contributed by atoms with E-state index in [4.69, 9.17) is 29.9 Å². The second-order valence-electron chi connectivity index (χ2n) is 18.0. The average molecular weight is 953 g/mol. The van der Waals surface area contributed by atoms with Gasteiger partial charge in [-0.3, -0.25) is 15.0 Å². The molecule has 348 valence electrons. The van der Waals surface area contributed by atoms with E-state index in [2.05, 4.69) is 169 Å². The molecule has 74 heavy (non-hydrogen) atoms. The first-order chi connectivity index (χ1) is 36.7. The molecular weight excluding hydrogens is 913 g/mol. The highest BCUT2D eigenvalue weighted by atomic mass is 15.1. The largest absolute Gasteiger partial charge is 0.387 e. The Kier molecular flexibility index (Phi) is 10.2. The van der Waals surface area contributed by atoms with E-state index < -0.39 is 0 Å². The van der Waals surface area contributed by atoms with Gasteiger partial charge in [0.25, 0.3) is 0 Å². The fourth-order valence-corrected chi connectivity index (χ4v) is 10.0. The van der Waals surface area contributed by atoms with Gasteiger partial charge in [-0.25, -0.2) is 29.9 Å². The van der Waals surface area contributed by atoms with E-state index in [9.17, 15) is 0 Å². The van der Waals surface area contributed by atoms with Gasteiger partial charge in [0.1, 0.15) is 0 Å². The zero-order chi connectivity index (χ0) is 49.0. The maximum absolute atomic E-state index is 4.97. The lowest BCUT2D eigenvalue weighted by Crippen LogP contribution is -2.10. The smallest absolute Gasteiger partial charge is 0.164 e. The van der Waals surface area contributed by atoms with E-state index in [1.807, 2.05) is 48.7 Å². The van der Waals surface area contributed by atoms with Crippen LogP contribution < -0.4 is 5.32 Å². The van der Waals surface area contributed by atoms with Gasteiger partial charge in [0.05, 0.1) is 22.1 Å². The Bertz CT molecular complexity index is 4280. The van der Waals surface area contributed by atoms with E-state index in [1.54, 1.807) is 37.2 Å². The summed E-state index contributed by atoms with van der Waals surface area (Å²) in [5.41, 5.74) is 14.2. The fraction of sp³-hybridized carbons (Fsp3) is 0.0161.